The van der Waals surface area contributed by atoms with Crippen molar-refractivity contribution in [3.63, 3.8) is 0 Å². The molecule has 1 aliphatic carbocycles. The third kappa shape index (κ3) is 2.32. The minimum absolute atomic E-state index is 0.229. The van der Waals surface area contributed by atoms with E-state index in [0.717, 1.165) is 22.3 Å². The minimum atomic E-state index is 0.229. The van der Waals surface area contributed by atoms with Gasteiger partial charge in [0.25, 0.3) is 5.88 Å². The van der Waals surface area contributed by atoms with Crippen LogP contribution in [0.15, 0.2) is 30.6 Å². The molecule has 3 aromatic heterocycles. The van der Waals surface area contributed by atoms with E-state index in [-0.39, 0.29) is 6.04 Å². The summed E-state index contributed by atoms with van der Waals surface area (Å²) in [6.45, 7) is 4.11. The Labute approximate surface area is 138 Å². The number of nitrogens with zero attached hydrogens (tertiary/aromatic N) is 5. The number of allylic oxidation sites excluding steroid dienone is 4. The number of aromatic amines is 1. The van der Waals surface area contributed by atoms with Crippen LogP contribution in [0.1, 0.15) is 25.7 Å². The van der Waals surface area contributed by atoms with Crippen molar-refractivity contribution in [2.24, 2.45) is 0 Å². The van der Waals surface area contributed by atoms with E-state index in [0.29, 0.717) is 17.5 Å². The summed E-state index contributed by atoms with van der Waals surface area (Å²) < 4.78 is 7.20. The summed E-state index contributed by atoms with van der Waals surface area (Å²) in [5.74, 6) is 1.80. The molecule has 0 amide bonds. The second kappa shape index (κ2) is 5.48. The topological polar surface area (TPSA) is 93.5 Å². The molecule has 24 heavy (non-hydrogen) atoms. The summed E-state index contributed by atoms with van der Waals surface area (Å²) in [7, 11) is 1.60. The molecule has 1 aliphatic rings. The molecule has 0 aromatic carbocycles. The molecular formula is C16H17N7O. The van der Waals surface area contributed by atoms with Gasteiger partial charge in [-0.1, -0.05) is 18.2 Å². The van der Waals surface area contributed by atoms with Crippen LogP contribution in [0, 0.1) is 0 Å². The van der Waals surface area contributed by atoms with Gasteiger partial charge in [0.15, 0.2) is 11.6 Å². The van der Waals surface area contributed by atoms with Gasteiger partial charge >= 0.3 is 0 Å². The minimum Gasteiger partial charge on any atom is -0.478 e. The molecule has 3 heterocycles. The molecule has 0 fully saturated rings. The van der Waals surface area contributed by atoms with Crippen molar-refractivity contribution in [2.75, 3.05) is 12.4 Å². The Morgan fingerprint density at radius 1 is 1.29 bits per heavy atom. The van der Waals surface area contributed by atoms with Gasteiger partial charge in [0, 0.05) is 11.6 Å². The van der Waals surface area contributed by atoms with Crippen LogP contribution in [0.4, 0.5) is 11.5 Å². The molecule has 0 spiro atoms. The molecule has 122 valence electrons. The van der Waals surface area contributed by atoms with Gasteiger partial charge in [0.2, 0.25) is 0 Å². The fourth-order valence-corrected chi connectivity index (χ4v) is 2.40. The molecule has 0 radical (unpaired) electrons. The molecule has 0 saturated carbocycles. The number of anilines is 2. The fourth-order valence-electron chi connectivity index (χ4n) is 2.40. The van der Waals surface area contributed by atoms with E-state index in [1.165, 1.54) is 0 Å². The molecule has 0 aliphatic heterocycles. The number of fused-ring (bicyclic) bond motifs is 1. The lowest BCUT2D eigenvalue weighted by Gasteiger charge is -2.10. The SMILES string of the molecule is COc1nn(C(C)C)cc1Nc1nc(C2=CC=C2)nc2cn[nH]c12. The van der Waals surface area contributed by atoms with Crippen LogP contribution in [0.2, 0.25) is 0 Å². The Bertz CT molecular complexity index is 964. The van der Waals surface area contributed by atoms with Crippen LogP contribution in [0.5, 0.6) is 5.88 Å². The summed E-state index contributed by atoms with van der Waals surface area (Å²) in [6, 6.07) is 0.229. The third-order valence-corrected chi connectivity index (χ3v) is 3.78. The van der Waals surface area contributed by atoms with Crippen molar-refractivity contribution < 1.29 is 4.74 Å². The number of hydrogen-bond acceptors (Lipinski definition) is 6. The molecule has 2 N–H and O–H groups in total. The smallest absolute Gasteiger partial charge is 0.256 e. The number of aromatic nitrogens is 6. The number of methoxy groups -OCH3 is 1. The van der Waals surface area contributed by atoms with Crippen molar-refractivity contribution in [3.05, 3.63) is 36.4 Å². The first-order valence-electron chi connectivity index (χ1n) is 7.65. The Morgan fingerprint density at radius 2 is 2.12 bits per heavy atom. The van der Waals surface area contributed by atoms with E-state index < -0.39 is 0 Å². The molecule has 0 atom stereocenters. The monoisotopic (exact) mass is 323 g/mol. The predicted molar refractivity (Wildman–Crippen MR) is 91.2 cm³/mol. The summed E-state index contributed by atoms with van der Waals surface area (Å²) in [6.07, 6.45) is 9.49. The largest absolute Gasteiger partial charge is 0.478 e. The number of hydrogen-bond donors (Lipinski definition) is 2. The number of H-pyrrole nitrogens is 1. The maximum Gasteiger partial charge on any atom is 0.256 e. The summed E-state index contributed by atoms with van der Waals surface area (Å²) in [5, 5.41) is 14.7. The molecule has 0 unspecified atom stereocenters. The fraction of sp³-hybridized carbons (Fsp3) is 0.250. The van der Waals surface area contributed by atoms with Crippen LogP contribution in [-0.4, -0.2) is 37.1 Å². The van der Waals surface area contributed by atoms with Crippen molar-refractivity contribution >= 4 is 28.1 Å². The van der Waals surface area contributed by atoms with Gasteiger partial charge < -0.3 is 10.1 Å². The molecular weight excluding hydrogens is 306 g/mol. The first-order valence-corrected chi connectivity index (χ1v) is 7.65. The molecule has 8 heteroatoms. The molecule has 8 nitrogen and oxygen atoms in total. The average Bonchev–Trinajstić information content (AvgIpc) is 3.11. The molecule has 4 rings (SSSR count). The van der Waals surface area contributed by atoms with Crippen molar-refractivity contribution in [3.8, 4) is 5.88 Å². The Kier molecular flexibility index (Phi) is 3.30. The highest BCUT2D eigenvalue weighted by Crippen LogP contribution is 2.30. The maximum absolute atomic E-state index is 5.37. The van der Waals surface area contributed by atoms with Gasteiger partial charge in [-0.15, -0.1) is 5.10 Å². The van der Waals surface area contributed by atoms with Crippen LogP contribution in [0.3, 0.4) is 0 Å². The van der Waals surface area contributed by atoms with Gasteiger partial charge in [-0.25, -0.2) is 9.97 Å². The zero-order chi connectivity index (χ0) is 16.7. The highest BCUT2D eigenvalue weighted by Gasteiger charge is 2.17. The van der Waals surface area contributed by atoms with E-state index in [1.54, 1.807) is 13.3 Å². The van der Waals surface area contributed by atoms with Gasteiger partial charge in [0.1, 0.15) is 16.7 Å². The van der Waals surface area contributed by atoms with Crippen LogP contribution < -0.4 is 10.1 Å². The van der Waals surface area contributed by atoms with Crippen molar-refractivity contribution in [1.29, 1.82) is 0 Å². The molecule has 3 aromatic rings. The van der Waals surface area contributed by atoms with Crippen LogP contribution >= 0.6 is 0 Å². The van der Waals surface area contributed by atoms with E-state index in [9.17, 15) is 0 Å². The van der Waals surface area contributed by atoms with E-state index in [4.69, 9.17) is 4.74 Å². The standard InChI is InChI=1S/C16H17N7O/c1-9(2)23-8-12(16(22-23)24-3)19-15-13-11(7-17-21-13)18-14(20-15)10-5-4-6-10/h4-9H,1-3H3,(H,17,21)(H,18,19,20). The quantitative estimate of drug-likeness (QED) is 0.750. The lowest BCUT2D eigenvalue weighted by Crippen LogP contribution is -2.02. The Hall–Kier alpha value is -3.16. The van der Waals surface area contributed by atoms with Gasteiger partial charge in [-0.05, 0) is 13.8 Å². The lowest BCUT2D eigenvalue weighted by atomic mass is 10.1. The number of ether oxygens (including phenoxy) is 1. The molecule has 0 bridgehead atoms. The van der Waals surface area contributed by atoms with E-state index in [1.807, 2.05) is 29.1 Å². The number of rotatable bonds is 5. The first-order chi connectivity index (χ1) is 11.7. The first kappa shape index (κ1) is 14.4. The van der Waals surface area contributed by atoms with Gasteiger partial charge in [0.05, 0.1) is 19.5 Å². The average molecular weight is 323 g/mol. The van der Waals surface area contributed by atoms with Gasteiger partial charge in [-0.3, -0.25) is 9.78 Å². The van der Waals surface area contributed by atoms with Crippen molar-refractivity contribution in [1.82, 2.24) is 29.9 Å². The Balaban J connectivity index is 1.78. The van der Waals surface area contributed by atoms with Crippen LogP contribution in [0.25, 0.3) is 16.6 Å². The number of nitrogens with one attached hydrogen (secondary N) is 2. The second-order valence-corrected chi connectivity index (χ2v) is 5.76. The Morgan fingerprint density at radius 3 is 2.79 bits per heavy atom. The summed E-state index contributed by atoms with van der Waals surface area (Å²) >= 11 is 0. The zero-order valence-corrected chi connectivity index (χ0v) is 13.6. The predicted octanol–water partition coefficient (Wildman–Crippen LogP) is 2.84. The summed E-state index contributed by atoms with van der Waals surface area (Å²) in [4.78, 5) is 9.13. The second-order valence-electron chi connectivity index (χ2n) is 5.76. The van der Waals surface area contributed by atoms with Crippen molar-refractivity contribution in [2.45, 2.75) is 19.9 Å². The van der Waals surface area contributed by atoms with E-state index >= 15 is 0 Å². The molecule has 0 saturated heterocycles. The van der Waals surface area contributed by atoms with Gasteiger partial charge in [-0.2, -0.15) is 5.10 Å². The zero-order valence-electron chi connectivity index (χ0n) is 13.6. The highest BCUT2D eigenvalue weighted by molar-refractivity contribution is 5.90. The van der Waals surface area contributed by atoms with E-state index in [2.05, 4.69) is 44.4 Å². The summed E-state index contributed by atoms with van der Waals surface area (Å²) in [5.41, 5.74) is 3.22. The van der Waals surface area contributed by atoms with Crippen LogP contribution in [-0.2, 0) is 0 Å². The third-order valence-electron chi connectivity index (χ3n) is 3.78. The highest BCUT2D eigenvalue weighted by atomic mass is 16.5. The lowest BCUT2D eigenvalue weighted by molar-refractivity contribution is 0.384. The maximum atomic E-state index is 5.37. The normalized spacial score (nSPS) is 13.2.